The molecule has 8 nitrogen and oxygen atoms in total. The molecule has 0 aliphatic carbocycles. The molecule has 3 heterocycles. The molecule has 1 aliphatic rings. The maximum Gasteiger partial charge on any atom is 0.260 e. The summed E-state index contributed by atoms with van der Waals surface area (Å²) in [5.41, 5.74) is 1.06. The van der Waals surface area contributed by atoms with Gasteiger partial charge in [0.15, 0.2) is 6.61 Å². The highest BCUT2D eigenvalue weighted by atomic mass is 32.2. The summed E-state index contributed by atoms with van der Waals surface area (Å²) in [6, 6.07) is 5.71. The average molecular weight is 435 g/mol. The van der Waals surface area contributed by atoms with Crippen molar-refractivity contribution in [2.24, 2.45) is 5.14 Å². The number of nitrogens with two attached hydrogens (primary N) is 1. The van der Waals surface area contributed by atoms with Crippen molar-refractivity contribution in [1.29, 1.82) is 0 Å². The SMILES string of the molecule is Cc1nc(C2CCCN(C(=O)COc3ccc(S(N)(=O)=O)cc3)C2)c2sccn12. The summed E-state index contributed by atoms with van der Waals surface area (Å²) in [6.45, 7) is 3.21. The number of benzene rings is 1. The van der Waals surface area contributed by atoms with E-state index in [1.165, 1.54) is 24.3 Å². The first-order chi connectivity index (χ1) is 13.8. The first-order valence-corrected chi connectivity index (χ1v) is 11.7. The number of carbonyl (C=O) groups is 1. The number of hydrogen-bond acceptors (Lipinski definition) is 6. The van der Waals surface area contributed by atoms with Crippen LogP contribution in [0, 0.1) is 6.92 Å². The highest BCUT2D eigenvalue weighted by Gasteiger charge is 2.28. The molecular weight excluding hydrogens is 412 g/mol. The second-order valence-electron chi connectivity index (χ2n) is 7.11. The Morgan fingerprint density at radius 3 is 2.83 bits per heavy atom. The van der Waals surface area contributed by atoms with Crippen molar-refractivity contribution < 1.29 is 17.9 Å². The maximum atomic E-state index is 12.7. The van der Waals surface area contributed by atoms with Gasteiger partial charge < -0.3 is 9.64 Å². The molecule has 1 saturated heterocycles. The third-order valence-electron chi connectivity index (χ3n) is 5.13. The average Bonchev–Trinajstić information content (AvgIpc) is 3.30. The molecule has 1 unspecified atom stereocenters. The van der Waals surface area contributed by atoms with E-state index in [0.29, 0.717) is 18.8 Å². The summed E-state index contributed by atoms with van der Waals surface area (Å²) >= 11 is 1.67. The Morgan fingerprint density at radius 2 is 2.10 bits per heavy atom. The predicted octanol–water partition coefficient (Wildman–Crippen LogP) is 2.14. The molecule has 3 aromatic rings. The van der Waals surface area contributed by atoms with Crippen LogP contribution in [0.1, 0.15) is 30.3 Å². The van der Waals surface area contributed by atoms with Gasteiger partial charge in [0.05, 0.1) is 10.6 Å². The summed E-state index contributed by atoms with van der Waals surface area (Å²) in [5.74, 6) is 1.50. The van der Waals surface area contributed by atoms with E-state index in [-0.39, 0.29) is 23.3 Å². The van der Waals surface area contributed by atoms with E-state index < -0.39 is 10.0 Å². The Labute approximate surface area is 173 Å². The molecule has 10 heteroatoms. The number of aromatic nitrogens is 2. The summed E-state index contributed by atoms with van der Waals surface area (Å²) in [7, 11) is -3.75. The lowest BCUT2D eigenvalue weighted by atomic mass is 9.95. The van der Waals surface area contributed by atoms with Gasteiger partial charge in [0.1, 0.15) is 16.4 Å². The number of nitrogens with zero attached hydrogens (tertiary/aromatic N) is 3. The second kappa shape index (κ2) is 7.77. The molecule has 1 aliphatic heterocycles. The molecule has 2 N–H and O–H groups in total. The molecule has 2 aromatic heterocycles. The van der Waals surface area contributed by atoms with E-state index in [9.17, 15) is 13.2 Å². The maximum absolute atomic E-state index is 12.7. The monoisotopic (exact) mass is 434 g/mol. The zero-order valence-corrected chi connectivity index (χ0v) is 17.6. The summed E-state index contributed by atoms with van der Waals surface area (Å²) in [6.07, 6.45) is 3.94. The molecule has 0 radical (unpaired) electrons. The summed E-state index contributed by atoms with van der Waals surface area (Å²) < 4.78 is 30.2. The van der Waals surface area contributed by atoms with Crippen molar-refractivity contribution in [3.05, 3.63) is 47.4 Å². The first-order valence-electron chi connectivity index (χ1n) is 9.28. The lowest BCUT2D eigenvalue weighted by Crippen LogP contribution is -2.41. The third-order valence-corrected chi connectivity index (χ3v) is 6.95. The van der Waals surface area contributed by atoms with Crippen LogP contribution in [0.4, 0.5) is 0 Å². The fraction of sp³-hybridized carbons (Fsp3) is 0.368. The van der Waals surface area contributed by atoms with Gasteiger partial charge in [-0.3, -0.25) is 9.20 Å². The quantitative estimate of drug-likeness (QED) is 0.662. The Bertz CT molecular complexity index is 1130. The van der Waals surface area contributed by atoms with Gasteiger partial charge in [-0.25, -0.2) is 18.5 Å². The van der Waals surface area contributed by atoms with Crippen molar-refractivity contribution in [2.45, 2.75) is 30.6 Å². The Kier molecular flexibility index (Phi) is 5.32. The molecule has 0 saturated carbocycles. The molecule has 1 atom stereocenters. The summed E-state index contributed by atoms with van der Waals surface area (Å²) in [4.78, 5) is 20.4. The number of amides is 1. The van der Waals surface area contributed by atoms with Gasteiger partial charge in [-0.1, -0.05) is 0 Å². The number of likely N-dealkylation sites (tertiary alicyclic amines) is 1. The van der Waals surface area contributed by atoms with E-state index >= 15 is 0 Å². The Morgan fingerprint density at radius 1 is 1.34 bits per heavy atom. The topological polar surface area (TPSA) is 107 Å². The lowest BCUT2D eigenvalue weighted by molar-refractivity contribution is -0.134. The number of fused-ring (bicyclic) bond motifs is 1. The smallest absolute Gasteiger partial charge is 0.260 e. The highest BCUT2D eigenvalue weighted by Crippen LogP contribution is 2.32. The molecule has 1 amide bonds. The van der Waals surface area contributed by atoms with Crippen molar-refractivity contribution in [3.63, 3.8) is 0 Å². The van der Waals surface area contributed by atoms with Gasteiger partial charge in [0.25, 0.3) is 5.91 Å². The van der Waals surface area contributed by atoms with E-state index in [2.05, 4.69) is 4.40 Å². The number of primary sulfonamides is 1. The number of ether oxygens (including phenoxy) is 1. The molecule has 1 fully saturated rings. The zero-order valence-electron chi connectivity index (χ0n) is 15.9. The van der Waals surface area contributed by atoms with Crippen LogP contribution in [0.3, 0.4) is 0 Å². The highest BCUT2D eigenvalue weighted by molar-refractivity contribution is 7.89. The standard InChI is InChI=1S/C19H22N4O4S2/c1-13-21-18(19-23(13)9-10-28-19)14-3-2-8-22(11-14)17(24)12-27-15-4-6-16(7-5-15)29(20,25)26/h4-7,9-10,14H,2-3,8,11-12H2,1H3,(H2,20,25,26). The number of sulfonamides is 1. The molecule has 29 heavy (non-hydrogen) atoms. The number of rotatable bonds is 5. The Balaban J connectivity index is 1.39. The van der Waals surface area contributed by atoms with Crippen molar-refractivity contribution >= 4 is 32.1 Å². The van der Waals surface area contributed by atoms with Gasteiger partial charge in [0, 0.05) is 30.6 Å². The normalized spacial score (nSPS) is 17.6. The van der Waals surface area contributed by atoms with Crippen LogP contribution < -0.4 is 9.88 Å². The van der Waals surface area contributed by atoms with Gasteiger partial charge in [-0.05, 0) is 44.0 Å². The molecule has 1 aromatic carbocycles. The van der Waals surface area contributed by atoms with Crippen LogP contribution in [0.15, 0.2) is 40.7 Å². The van der Waals surface area contributed by atoms with Gasteiger partial charge in [-0.2, -0.15) is 0 Å². The van der Waals surface area contributed by atoms with E-state index in [0.717, 1.165) is 29.2 Å². The molecule has 4 rings (SSSR count). The minimum absolute atomic E-state index is 0.00491. The van der Waals surface area contributed by atoms with Gasteiger partial charge in [0.2, 0.25) is 10.0 Å². The van der Waals surface area contributed by atoms with Crippen LogP contribution in [0.25, 0.3) is 4.83 Å². The van der Waals surface area contributed by atoms with Crippen molar-refractivity contribution in [2.75, 3.05) is 19.7 Å². The summed E-state index contributed by atoms with van der Waals surface area (Å²) in [5, 5.41) is 7.13. The number of imidazole rings is 1. The predicted molar refractivity (Wildman–Crippen MR) is 110 cm³/mol. The van der Waals surface area contributed by atoms with E-state index in [1.807, 2.05) is 23.4 Å². The minimum atomic E-state index is -3.75. The van der Waals surface area contributed by atoms with E-state index in [4.69, 9.17) is 14.9 Å². The molecule has 154 valence electrons. The van der Waals surface area contributed by atoms with Gasteiger partial charge in [-0.15, -0.1) is 11.3 Å². The largest absolute Gasteiger partial charge is 0.484 e. The van der Waals surface area contributed by atoms with Crippen LogP contribution in [-0.4, -0.2) is 48.3 Å². The first kappa shape index (κ1) is 19.9. The fourth-order valence-electron chi connectivity index (χ4n) is 3.65. The van der Waals surface area contributed by atoms with Crippen molar-refractivity contribution in [3.8, 4) is 5.75 Å². The van der Waals surface area contributed by atoms with Crippen molar-refractivity contribution in [1.82, 2.24) is 14.3 Å². The lowest BCUT2D eigenvalue weighted by Gasteiger charge is -2.32. The Hall–Kier alpha value is -2.43. The number of piperidine rings is 1. The minimum Gasteiger partial charge on any atom is -0.484 e. The van der Waals surface area contributed by atoms with E-state index in [1.54, 1.807) is 11.3 Å². The molecular formula is C19H22N4O4S2. The number of aryl methyl sites for hydroxylation is 1. The fourth-order valence-corrected chi connectivity index (χ4v) is 5.12. The molecule has 0 bridgehead atoms. The molecule has 0 spiro atoms. The van der Waals surface area contributed by atoms with Crippen LogP contribution in [0.2, 0.25) is 0 Å². The third kappa shape index (κ3) is 4.14. The zero-order chi connectivity index (χ0) is 20.6. The number of hydrogen-bond donors (Lipinski definition) is 1. The van der Waals surface area contributed by atoms with Crippen LogP contribution in [0.5, 0.6) is 5.75 Å². The second-order valence-corrected chi connectivity index (χ2v) is 9.56. The number of thiazole rings is 1. The number of carbonyl (C=O) groups excluding carboxylic acids is 1. The van der Waals surface area contributed by atoms with Crippen LogP contribution in [-0.2, 0) is 14.8 Å². The van der Waals surface area contributed by atoms with Gasteiger partial charge >= 0.3 is 0 Å². The van der Waals surface area contributed by atoms with Crippen LogP contribution >= 0.6 is 11.3 Å².